The molecule has 0 saturated heterocycles. The molecule has 0 heterocycles. The van der Waals surface area contributed by atoms with Gasteiger partial charge < -0.3 is 5.32 Å². The van der Waals surface area contributed by atoms with Crippen LogP contribution in [0.15, 0.2) is 0 Å². The molecule has 2 nitrogen and oxygen atoms in total. The molecule has 20 heavy (non-hydrogen) atoms. The van der Waals surface area contributed by atoms with Gasteiger partial charge in [-0.25, -0.2) is 0 Å². The summed E-state index contributed by atoms with van der Waals surface area (Å²) in [6.45, 7) is 12.3. The van der Waals surface area contributed by atoms with Gasteiger partial charge in [-0.1, -0.05) is 27.7 Å². The summed E-state index contributed by atoms with van der Waals surface area (Å²) in [5.74, 6) is 0. The van der Waals surface area contributed by atoms with Crippen molar-refractivity contribution in [1.29, 1.82) is 0 Å². The third-order valence-electron chi connectivity index (χ3n) is 4.04. The molecule has 5 heteroatoms. The van der Waals surface area contributed by atoms with E-state index in [1.54, 1.807) is 4.90 Å². The molecular formula is C15H31F3N2. The van der Waals surface area contributed by atoms with E-state index in [1.807, 2.05) is 13.8 Å². The Bertz CT molecular complexity index is 258. The number of hydrogen-bond donors (Lipinski definition) is 1. The monoisotopic (exact) mass is 296 g/mol. The highest BCUT2D eigenvalue weighted by Crippen LogP contribution is 2.29. The van der Waals surface area contributed by atoms with Crippen LogP contribution < -0.4 is 5.32 Å². The standard InChI is InChI=1S/C15H31F3N2/c1-7-14(8-2,9-19-12(3)4)10-20(13(5)6)11-15(16,17)18/h12-13,19H,7-11H2,1-6H3. The molecule has 0 aliphatic heterocycles. The smallest absolute Gasteiger partial charge is 0.314 e. The lowest BCUT2D eigenvalue weighted by molar-refractivity contribution is -0.153. The van der Waals surface area contributed by atoms with E-state index < -0.39 is 12.7 Å². The van der Waals surface area contributed by atoms with Gasteiger partial charge in [0.05, 0.1) is 6.54 Å². The van der Waals surface area contributed by atoms with Crippen LogP contribution in [0.3, 0.4) is 0 Å². The molecule has 0 spiro atoms. The van der Waals surface area contributed by atoms with Gasteiger partial charge in [-0.15, -0.1) is 0 Å². The molecule has 0 aromatic carbocycles. The molecule has 1 N–H and O–H groups in total. The SMILES string of the molecule is CCC(CC)(CNC(C)C)CN(CC(F)(F)F)C(C)C. The Morgan fingerprint density at radius 3 is 1.75 bits per heavy atom. The molecule has 0 atom stereocenters. The van der Waals surface area contributed by atoms with Crippen molar-refractivity contribution in [3.63, 3.8) is 0 Å². The van der Waals surface area contributed by atoms with Crippen molar-refractivity contribution >= 4 is 0 Å². The zero-order valence-electron chi connectivity index (χ0n) is 13.8. The van der Waals surface area contributed by atoms with Crippen molar-refractivity contribution in [2.24, 2.45) is 5.41 Å². The Labute approximate surface area is 122 Å². The highest BCUT2D eigenvalue weighted by Gasteiger charge is 2.36. The maximum Gasteiger partial charge on any atom is 0.401 e. The van der Waals surface area contributed by atoms with Crippen molar-refractivity contribution in [3.05, 3.63) is 0 Å². The number of alkyl halides is 3. The van der Waals surface area contributed by atoms with Gasteiger partial charge in [0.15, 0.2) is 0 Å². The number of hydrogen-bond acceptors (Lipinski definition) is 2. The van der Waals surface area contributed by atoms with Crippen LogP contribution in [0, 0.1) is 5.41 Å². The van der Waals surface area contributed by atoms with E-state index in [0.717, 1.165) is 19.4 Å². The number of nitrogens with one attached hydrogen (secondary N) is 1. The molecule has 0 aromatic heterocycles. The fourth-order valence-electron chi connectivity index (χ4n) is 2.28. The van der Waals surface area contributed by atoms with Crippen LogP contribution in [0.2, 0.25) is 0 Å². The Balaban J connectivity index is 4.89. The van der Waals surface area contributed by atoms with Gasteiger partial charge in [-0.3, -0.25) is 4.90 Å². The maximum absolute atomic E-state index is 12.7. The summed E-state index contributed by atoms with van der Waals surface area (Å²) in [7, 11) is 0. The summed E-state index contributed by atoms with van der Waals surface area (Å²) in [5, 5.41) is 3.39. The molecule has 0 fully saturated rings. The minimum atomic E-state index is -4.14. The van der Waals surface area contributed by atoms with Crippen molar-refractivity contribution in [2.45, 2.75) is 72.6 Å². The molecule has 0 aromatic rings. The average Bonchev–Trinajstić information content (AvgIpc) is 2.31. The van der Waals surface area contributed by atoms with Gasteiger partial charge in [0.25, 0.3) is 0 Å². The summed E-state index contributed by atoms with van der Waals surface area (Å²) < 4.78 is 38.1. The largest absolute Gasteiger partial charge is 0.401 e. The molecule has 0 saturated carbocycles. The lowest BCUT2D eigenvalue weighted by Gasteiger charge is -2.40. The van der Waals surface area contributed by atoms with Gasteiger partial charge >= 0.3 is 6.18 Å². The van der Waals surface area contributed by atoms with Crippen molar-refractivity contribution in [3.8, 4) is 0 Å². The van der Waals surface area contributed by atoms with Crippen molar-refractivity contribution in [1.82, 2.24) is 10.2 Å². The number of nitrogens with zero attached hydrogens (tertiary/aromatic N) is 1. The normalized spacial score (nSPS) is 13.8. The lowest BCUT2D eigenvalue weighted by atomic mass is 9.81. The third-order valence-corrected chi connectivity index (χ3v) is 4.04. The lowest BCUT2D eigenvalue weighted by Crippen LogP contribution is -2.49. The van der Waals surface area contributed by atoms with E-state index in [-0.39, 0.29) is 11.5 Å². The van der Waals surface area contributed by atoms with E-state index >= 15 is 0 Å². The quantitative estimate of drug-likeness (QED) is 0.690. The second-order valence-electron chi connectivity index (χ2n) is 6.36. The summed E-state index contributed by atoms with van der Waals surface area (Å²) >= 11 is 0. The van der Waals surface area contributed by atoms with E-state index in [4.69, 9.17) is 0 Å². The Kier molecular flexibility index (Phi) is 8.11. The predicted octanol–water partition coefficient (Wildman–Crippen LogP) is 4.06. The van der Waals surface area contributed by atoms with Gasteiger partial charge in [-0.05, 0) is 32.1 Å². The van der Waals surface area contributed by atoms with Crippen LogP contribution >= 0.6 is 0 Å². The fraction of sp³-hybridized carbons (Fsp3) is 1.00. The molecule has 0 amide bonds. The van der Waals surface area contributed by atoms with Crippen LogP contribution in [-0.2, 0) is 0 Å². The summed E-state index contributed by atoms with van der Waals surface area (Å²) in [6.07, 6.45) is -2.38. The van der Waals surface area contributed by atoms with Gasteiger partial charge in [-0.2, -0.15) is 13.2 Å². The topological polar surface area (TPSA) is 15.3 Å². The Morgan fingerprint density at radius 1 is 0.950 bits per heavy atom. The first-order chi connectivity index (χ1) is 9.05. The zero-order valence-corrected chi connectivity index (χ0v) is 13.8. The molecule has 0 unspecified atom stereocenters. The highest BCUT2D eigenvalue weighted by molar-refractivity contribution is 4.85. The molecule has 0 radical (unpaired) electrons. The predicted molar refractivity (Wildman–Crippen MR) is 78.9 cm³/mol. The van der Waals surface area contributed by atoms with Gasteiger partial charge in [0.2, 0.25) is 0 Å². The second-order valence-corrected chi connectivity index (χ2v) is 6.36. The van der Waals surface area contributed by atoms with Gasteiger partial charge in [0.1, 0.15) is 0 Å². The van der Waals surface area contributed by atoms with E-state index in [1.165, 1.54) is 0 Å². The van der Waals surface area contributed by atoms with Crippen LogP contribution in [0.25, 0.3) is 0 Å². The third kappa shape index (κ3) is 7.48. The van der Waals surface area contributed by atoms with Crippen LogP contribution in [0.1, 0.15) is 54.4 Å². The molecular weight excluding hydrogens is 265 g/mol. The summed E-state index contributed by atoms with van der Waals surface area (Å²) in [6, 6.07) is 0.246. The van der Waals surface area contributed by atoms with Crippen LogP contribution in [-0.4, -0.2) is 42.8 Å². The van der Waals surface area contributed by atoms with Gasteiger partial charge in [0, 0.05) is 25.2 Å². The fourth-order valence-corrected chi connectivity index (χ4v) is 2.28. The Morgan fingerprint density at radius 2 is 1.45 bits per heavy atom. The molecule has 0 bridgehead atoms. The average molecular weight is 296 g/mol. The highest BCUT2D eigenvalue weighted by atomic mass is 19.4. The minimum absolute atomic E-state index is 0.0974. The van der Waals surface area contributed by atoms with Crippen molar-refractivity contribution < 1.29 is 13.2 Å². The Hall–Kier alpha value is -0.290. The van der Waals surface area contributed by atoms with Crippen molar-refractivity contribution in [2.75, 3.05) is 19.6 Å². The molecule has 0 rings (SSSR count). The van der Waals surface area contributed by atoms with E-state index in [2.05, 4.69) is 33.0 Å². The first-order valence-electron chi connectivity index (χ1n) is 7.59. The molecule has 0 aliphatic rings. The maximum atomic E-state index is 12.7. The first kappa shape index (κ1) is 19.7. The molecule has 122 valence electrons. The van der Waals surface area contributed by atoms with Crippen LogP contribution in [0.5, 0.6) is 0 Å². The van der Waals surface area contributed by atoms with E-state index in [0.29, 0.717) is 12.6 Å². The second kappa shape index (κ2) is 8.23. The number of rotatable bonds is 9. The number of halogens is 3. The zero-order chi connectivity index (χ0) is 16.0. The summed E-state index contributed by atoms with van der Waals surface area (Å²) in [5.41, 5.74) is -0.0974. The minimum Gasteiger partial charge on any atom is -0.314 e. The van der Waals surface area contributed by atoms with Crippen LogP contribution in [0.4, 0.5) is 13.2 Å². The molecule has 0 aliphatic carbocycles. The van der Waals surface area contributed by atoms with E-state index in [9.17, 15) is 13.2 Å². The first-order valence-corrected chi connectivity index (χ1v) is 7.59. The summed E-state index contributed by atoms with van der Waals surface area (Å²) in [4.78, 5) is 1.55.